The summed E-state index contributed by atoms with van der Waals surface area (Å²) in [6.07, 6.45) is 2.34. The highest BCUT2D eigenvalue weighted by Gasteiger charge is 2.15. The zero-order valence-electron chi connectivity index (χ0n) is 11.1. The Hall–Kier alpha value is -2.96. The number of nitrogens with one attached hydrogen (secondary N) is 1. The molecular weight excluding hydrogens is 276 g/mol. The predicted molar refractivity (Wildman–Crippen MR) is 73.6 cm³/mol. The van der Waals surface area contributed by atoms with Crippen LogP contribution in [-0.4, -0.2) is 40.7 Å². The molecule has 110 valence electrons. The molecule has 1 aromatic carbocycles. The molecule has 2 amide bonds. The third kappa shape index (κ3) is 6.15. The van der Waals surface area contributed by atoms with Crippen LogP contribution >= 0.6 is 0 Å². The maximum absolute atomic E-state index is 11.8. The van der Waals surface area contributed by atoms with Crippen molar-refractivity contribution in [3.8, 4) is 0 Å². The fourth-order valence-electron chi connectivity index (χ4n) is 1.41. The molecule has 0 bridgehead atoms. The first-order valence-corrected chi connectivity index (χ1v) is 6.02. The van der Waals surface area contributed by atoms with Crippen LogP contribution in [0, 0.1) is 0 Å². The molecule has 0 atom stereocenters. The second kappa shape index (κ2) is 8.26. The minimum Gasteiger partial charge on any atom is -0.481 e. The zero-order valence-corrected chi connectivity index (χ0v) is 11.1. The van der Waals surface area contributed by atoms with E-state index in [0.717, 1.165) is 10.6 Å². The fraction of sp³-hybridized carbons (Fsp3) is 0.143. The summed E-state index contributed by atoms with van der Waals surface area (Å²) in [6.45, 7) is -0.372. The van der Waals surface area contributed by atoms with Crippen molar-refractivity contribution in [2.45, 2.75) is 6.42 Å². The van der Waals surface area contributed by atoms with Gasteiger partial charge in [0.1, 0.15) is 12.7 Å². The SMILES string of the molecule is O=CCN(NC(=O)CC(=O)O)C(=O)/C=C/c1ccccc1. The van der Waals surface area contributed by atoms with Gasteiger partial charge in [0.2, 0.25) is 5.91 Å². The van der Waals surface area contributed by atoms with Gasteiger partial charge in [0.25, 0.3) is 5.91 Å². The second-order valence-electron chi connectivity index (χ2n) is 3.97. The van der Waals surface area contributed by atoms with Gasteiger partial charge >= 0.3 is 5.97 Å². The molecule has 0 spiro atoms. The third-order valence-corrected chi connectivity index (χ3v) is 2.31. The number of aliphatic carboxylic acids is 1. The van der Waals surface area contributed by atoms with E-state index in [-0.39, 0.29) is 6.54 Å². The Labute approximate surface area is 120 Å². The van der Waals surface area contributed by atoms with Crippen molar-refractivity contribution in [1.29, 1.82) is 0 Å². The van der Waals surface area contributed by atoms with Gasteiger partial charge in [0.05, 0.1) is 6.54 Å². The Bertz CT molecular complexity index is 554. The van der Waals surface area contributed by atoms with Gasteiger partial charge in [-0.15, -0.1) is 0 Å². The molecule has 0 saturated carbocycles. The minimum absolute atomic E-state index is 0.372. The van der Waals surface area contributed by atoms with Crippen LogP contribution in [0.2, 0.25) is 0 Å². The smallest absolute Gasteiger partial charge is 0.312 e. The van der Waals surface area contributed by atoms with Crippen molar-refractivity contribution >= 4 is 30.1 Å². The molecule has 1 aromatic rings. The van der Waals surface area contributed by atoms with Gasteiger partial charge in [0.15, 0.2) is 0 Å². The molecule has 21 heavy (non-hydrogen) atoms. The van der Waals surface area contributed by atoms with Crippen molar-refractivity contribution in [1.82, 2.24) is 10.4 Å². The Morgan fingerprint density at radius 2 is 1.86 bits per heavy atom. The van der Waals surface area contributed by atoms with E-state index in [4.69, 9.17) is 5.11 Å². The summed E-state index contributed by atoms with van der Waals surface area (Å²) in [6, 6.07) is 8.96. The maximum Gasteiger partial charge on any atom is 0.312 e. The number of hydrogen-bond acceptors (Lipinski definition) is 4. The summed E-state index contributed by atoms with van der Waals surface area (Å²) in [5.41, 5.74) is 2.84. The van der Waals surface area contributed by atoms with E-state index in [2.05, 4.69) is 5.43 Å². The first-order chi connectivity index (χ1) is 10.0. The van der Waals surface area contributed by atoms with Gasteiger partial charge in [-0.2, -0.15) is 0 Å². The normalized spacial score (nSPS) is 10.1. The number of aldehydes is 1. The second-order valence-corrected chi connectivity index (χ2v) is 3.97. The molecule has 0 aliphatic rings. The van der Waals surface area contributed by atoms with Gasteiger partial charge in [-0.05, 0) is 11.6 Å². The first kappa shape index (κ1) is 16.1. The van der Waals surface area contributed by atoms with E-state index in [9.17, 15) is 19.2 Å². The lowest BCUT2D eigenvalue weighted by Gasteiger charge is -2.18. The number of hydrazine groups is 1. The zero-order chi connectivity index (χ0) is 15.7. The average molecular weight is 290 g/mol. The van der Waals surface area contributed by atoms with Crippen molar-refractivity contribution < 1.29 is 24.3 Å². The maximum atomic E-state index is 11.8. The molecule has 0 heterocycles. The third-order valence-electron chi connectivity index (χ3n) is 2.31. The average Bonchev–Trinajstić information content (AvgIpc) is 2.44. The molecule has 0 saturated heterocycles. The van der Waals surface area contributed by atoms with Crippen LogP contribution in [0.1, 0.15) is 12.0 Å². The molecule has 0 aromatic heterocycles. The van der Waals surface area contributed by atoms with Gasteiger partial charge in [0, 0.05) is 6.08 Å². The van der Waals surface area contributed by atoms with Crippen LogP contribution in [0.3, 0.4) is 0 Å². The number of carboxylic acid groups (broad SMARTS) is 1. The van der Waals surface area contributed by atoms with E-state index >= 15 is 0 Å². The lowest BCUT2D eigenvalue weighted by atomic mass is 10.2. The minimum atomic E-state index is -1.33. The molecule has 0 aliphatic carbocycles. The number of carbonyl (C=O) groups is 4. The molecule has 0 radical (unpaired) electrons. The van der Waals surface area contributed by atoms with Gasteiger partial charge < -0.3 is 9.90 Å². The van der Waals surface area contributed by atoms with E-state index in [0.29, 0.717) is 6.29 Å². The number of carbonyl (C=O) groups excluding carboxylic acids is 3. The molecule has 2 N–H and O–H groups in total. The summed E-state index contributed by atoms with van der Waals surface area (Å²) in [5, 5.41) is 9.22. The summed E-state index contributed by atoms with van der Waals surface area (Å²) in [5.74, 6) is -2.85. The highest BCUT2D eigenvalue weighted by Crippen LogP contribution is 2.01. The van der Waals surface area contributed by atoms with Gasteiger partial charge in [-0.3, -0.25) is 19.8 Å². The number of benzene rings is 1. The van der Waals surface area contributed by atoms with Crippen LogP contribution in [0.4, 0.5) is 0 Å². The fourth-order valence-corrected chi connectivity index (χ4v) is 1.41. The predicted octanol–water partition coefficient (Wildman–Crippen LogP) is 0.233. The molecule has 7 heteroatoms. The van der Waals surface area contributed by atoms with Crippen molar-refractivity contribution in [2.24, 2.45) is 0 Å². The Morgan fingerprint density at radius 1 is 1.19 bits per heavy atom. The topological polar surface area (TPSA) is 104 Å². The number of carboxylic acids is 1. The van der Waals surface area contributed by atoms with Crippen molar-refractivity contribution in [3.05, 3.63) is 42.0 Å². The van der Waals surface area contributed by atoms with Gasteiger partial charge in [-0.1, -0.05) is 30.3 Å². The Balaban J connectivity index is 2.69. The summed E-state index contributed by atoms with van der Waals surface area (Å²) in [4.78, 5) is 44.0. The molecule has 0 fully saturated rings. The standard InChI is InChI=1S/C14H14N2O5/c17-9-8-16(15-12(18)10-14(20)21)13(19)7-6-11-4-2-1-3-5-11/h1-7,9H,8,10H2,(H,15,18)(H,20,21)/b7-6+. The summed E-state index contributed by atoms with van der Waals surface area (Å²) in [7, 11) is 0. The van der Waals surface area contributed by atoms with E-state index in [1.54, 1.807) is 24.3 Å². The van der Waals surface area contributed by atoms with Crippen LogP contribution < -0.4 is 5.43 Å². The van der Waals surface area contributed by atoms with Crippen LogP contribution in [0.5, 0.6) is 0 Å². The highest BCUT2D eigenvalue weighted by molar-refractivity contribution is 5.97. The number of rotatable bonds is 6. The lowest BCUT2D eigenvalue weighted by molar-refractivity contribution is -0.145. The number of amides is 2. The van der Waals surface area contributed by atoms with Crippen LogP contribution in [-0.2, 0) is 19.2 Å². The van der Waals surface area contributed by atoms with E-state index < -0.39 is 24.2 Å². The van der Waals surface area contributed by atoms with Gasteiger partial charge in [-0.25, -0.2) is 5.01 Å². The molecular formula is C14H14N2O5. The molecule has 0 unspecified atom stereocenters. The quantitative estimate of drug-likeness (QED) is 0.338. The number of hydrogen-bond donors (Lipinski definition) is 2. The van der Waals surface area contributed by atoms with E-state index in [1.807, 2.05) is 6.07 Å². The van der Waals surface area contributed by atoms with Crippen molar-refractivity contribution in [2.75, 3.05) is 6.54 Å². The highest BCUT2D eigenvalue weighted by atomic mass is 16.4. The first-order valence-electron chi connectivity index (χ1n) is 6.02. The van der Waals surface area contributed by atoms with Crippen molar-refractivity contribution in [3.63, 3.8) is 0 Å². The Kier molecular flexibility index (Phi) is 6.33. The summed E-state index contributed by atoms with van der Waals surface area (Å²) < 4.78 is 0. The molecule has 0 aliphatic heterocycles. The lowest BCUT2D eigenvalue weighted by Crippen LogP contribution is -2.46. The Morgan fingerprint density at radius 3 is 2.43 bits per heavy atom. The van der Waals surface area contributed by atoms with Crippen LogP contribution in [0.15, 0.2) is 36.4 Å². The van der Waals surface area contributed by atoms with Crippen LogP contribution in [0.25, 0.3) is 6.08 Å². The molecule has 7 nitrogen and oxygen atoms in total. The monoisotopic (exact) mass is 290 g/mol. The van der Waals surface area contributed by atoms with E-state index in [1.165, 1.54) is 12.2 Å². The summed E-state index contributed by atoms with van der Waals surface area (Å²) >= 11 is 0. The largest absolute Gasteiger partial charge is 0.481 e. The number of nitrogens with zero attached hydrogens (tertiary/aromatic N) is 1. The molecule has 1 rings (SSSR count).